The van der Waals surface area contributed by atoms with Crippen molar-refractivity contribution in [2.75, 3.05) is 12.4 Å². The van der Waals surface area contributed by atoms with Gasteiger partial charge in [0.25, 0.3) is 11.6 Å². The van der Waals surface area contributed by atoms with Gasteiger partial charge in [-0.15, -0.1) is 0 Å². The number of carbonyl (C=O) groups is 1. The number of amides is 1. The Balaban J connectivity index is 1.80. The van der Waals surface area contributed by atoms with Gasteiger partial charge in [0, 0.05) is 23.9 Å². The molecule has 3 aromatic carbocycles. The number of hydrogen-bond acceptors (Lipinski definition) is 5. The third-order valence-electron chi connectivity index (χ3n) is 5.02. The molecule has 0 fully saturated rings. The number of aromatic nitrogens is 2. The molecule has 0 radical (unpaired) electrons. The van der Waals surface area contributed by atoms with Gasteiger partial charge in [-0.1, -0.05) is 42.5 Å². The average Bonchev–Trinajstić information content (AvgIpc) is 3.25. The van der Waals surface area contributed by atoms with E-state index in [0.717, 1.165) is 16.8 Å². The van der Waals surface area contributed by atoms with Crippen LogP contribution in [0.15, 0.2) is 79.0 Å². The van der Waals surface area contributed by atoms with Crippen molar-refractivity contribution in [1.82, 2.24) is 9.78 Å². The Morgan fingerprint density at radius 2 is 1.78 bits per heavy atom. The predicted octanol–water partition coefficient (Wildman–Crippen LogP) is 5.02. The first-order chi connectivity index (χ1) is 15.5. The highest BCUT2D eigenvalue weighted by Gasteiger charge is 2.22. The summed E-state index contributed by atoms with van der Waals surface area (Å²) in [4.78, 5) is 24.0. The SMILES string of the molecule is COc1ccc([N+](=O)[O-])cc1NC(=O)c1cn(-c2ccccc2)nc1-c1ccccc1C. The molecule has 0 saturated heterocycles. The number of nitro groups is 1. The van der Waals surface area contributed by atoms with Crippen LogP contribution in [0.5, 0.6) is 5.75 Å². The van der Waals surface area contributed by atoms with Crippen LogP contribution >= 0.6 is 0 Å². The van der Waals surface area contributed by atoms with Crippen molar-refractivity contribution in [2.45, 2.75) is 6.92 Å². The number of non-ortho nitro benzene ring substituents is 1. The second-order valence-electron chi connectivity index (χ2n) is 7.08. The molecule has 1 aromatic heterocycles. The normalized spacial score (nSPS) is 10.6. The van der Waals surface area contributed by atoms with Crippen LogP contribution in [0.25, 0.3) is 16.9 Å². The van der Waals surface area contributed by atoms with Gasteiger partial charge in [0.05, 0.1) is 29.0 Å². The number of nitrogens with one attached hydrogen (secondary N) is 1. The molecule has 0 aliphatic heterocycles. The number of carbonyl (C=O) groups excluding carboxylic acids is 1. The van der Waals surface area contributed by atoms with E-state index in [0.29, 0.717) is 17.0 Å². The van der Waals surface area contributed by atoms with Crippen LogP contribution in [-0.2, 0) is 0 Å². The predicted molar refractivity (Wildman–Crippen MR) is 121 cm³/mol. The summed E-state index contributed by atoms with van der Waals surface area (Å²) in [6.45, 7) is 1.95. The van der Waals surface area contributed by atoms with E-state index in [1.54, 1.807) is 10.9 Å². The Morgan fingerprint density at radius 3 is 2.47 bits per heavy atom. The number of nitrogens with zero attached hydrogens (tertiary/aromatic N) is 3. The standard InChI is InChI=1S/C24H20N4O4/c1-16-8-6-7-11-19(16)23-20(15-27(26-23)17-9-4-3-5-10-17)24(29)25-21-14-18(28(30)31)12-13-22(21)32-2/h3-15H,1-2H3,(H,25,29). The van der Waals surface area contributed by atoms with Crippen LogP contribution in [0, 0.1) is 17.0 Å². The number of nitro benzene ring substituents is 1. The number of para-hydroxylation sites is 1. The molecule has 1 heterocycles. The Morgan fingerprint density at radius 1 is 1.06 bits per heavy atom. The Hall–Kier alpha value is -4.46. The summed E-state index contributed by atoms with van der Waals surface area (Å²) in [6, 6.07) is 21.1. The highest BCUT2D eigenvalue weighted by molar-refractivity contribution is 6.09. The zero-order chi connectivity index (χ0) is 22.7. The number of rotatable bonds is 6. The van der Waals surface area contributed by atoms with Crippen molar-refractivity contribution in [3.63, 3.8) is 0 Å². The van der Waals surface area contributed by atoms with E-state index < -0.39 is 10.8 Å². The Bertz CT molecular complexity index is 1300. The molecule has 0 saturated carbocycles. The average molecular weight is 428 g/mol. The quantitative estimate of drug-likeness (QED) is 0.343. The molecule has 0 spiro atoms. The molecule has 0 bridgehead atoms. The van der Waals surface area contributed by atoms with Gasteiger partial charge in [0.15, 0.2) is 0 Å². The second-order valence-corrected chi connectivity index (χ2v) is 7.08. The van der Waals surface area contributed by atoms with Crippen LogP contribution in [0.4, 0.5) is 11.4 Å². The lowest BCUT2D eigenvalue weighted by Crippen LogP contribution is -2.13. The molecule has 8 nitrogen and oxygen atoms in total. The molecular weight excluding hydrogens is 408 g/mol. The number of hydrogen-bond donors (Lipinski definition) is 1. The molecule has 4 aromatic rings. The fraction of sp³-hybridized carbons (Fsp3) is 0.0833. The maximum absolute atomic E-state index is 13.3. The number of methoxy groups -OCH3 is 1. The van der Waals surface area contributed by atoms with Crippen molar-refractivity contribution in [3.8, 4) is 22.7 Å². The number of aryl methyl sites for hydroxylation is 1. The van der Waals surface area contributed by atoms with E-state index in [1.807, 2.05) is 61.5 Å². The first-order valence-corrected chi connectivity index (χ1v) is 9.83. The third kappa shape index (κ3) is 4.06. The second kappa shape index (κ2) is 8.73. The summed E-state index contributed by atoms with van der Waals surface area (Å²) >= 11 is 0. The summed E-state index contributed by atoms with van der Waals surface area (Å²) in [7, 11) is 1.43. The van der Waals surface area contributed by atoms with Gasteiger partial charge in [-0.25, -0.2) is 4.68 Å². The van der Waals surface area contributed by atoms with Crippen LogP contribution < -0.4 is 10.1 Å². The topological polar surface area (TPSA) is 99.3 Å². The molecule has 0 aliphatic rings. The molecule has 1 amide bonds. The summed E-state index contributed by atoms with van der Waals surface area (Å²) < 4.78 is 6.91. The maximum atomic E-state index is 13.3. The molecule has 8 heteroatoms. The lowest BCUT2D eigenvalue weighted by Gasteiger charge is -2.10. The fourth-order valence-electron chi connectivity index (χ4n) is 3.39. The number of anilines is 1. The lowest BCUT2D eigenvalue weighted by atomic mass is 10.0. The summed E-state index contributed by atoms with van der Waals surface area (Å²) in [6.07, 6.45) is 1.65. The van der Waals surface area contributed by atoms with Gasteiger partial charge in [-0.3, -0.25) is 14.9 Å². The first kappa shape index (κ1) is 20.8. The summed E-state index contributed by atoms with van der Waals surface area (Å²) in [5, 5.41) is 18.6. The van der Waals surface area contributed by atoms with E-state index in [2.05, 4.69) is 10.4 Å². The van der Waals surface area contributed by atoms with Gasteiger partial charge in [-0.2, -0.15) is 5.10 Å². The van der Waals surface area contributed by atoms with Crippen LogP contribution in [0.1, 0.15) is 15.9 Å². The van der Waals surface area contributed by atoms with Gasteiger partial charge >= 0.3 is 0 Å². The Labute approximate surface area is 184 Å². The lowest BCUT2D eigenvalue weighted by molar-refractivity contribution is -0.384. The summed E-state index contributed by atoms with van der Waals surface area (Å²) in [5.41, 5.74) is 3.47. The van der Waals surface area contributed by atoms with Gasteiger partial charge in [-0.05, 0) is 30.7 Å². The largest absolute Gasteiger partial charge is 0.495 e. The van der Waals surface area contributed by atoms with Crippen molar-refractivity contribution < 1.29 is 14.5 Å². The van der Waals surface area contributed by atoms with Crippen molar-refractivity contribution in [2.24, 2.45) is 0 Å². The smallest absolute Gasteiger partial charge is 0.271 e. The minimum absolute atomic E-state index is 0.153. The van der Waals surface area contributed by atoms with E-state index in [4.69, 9.17) is 4.74 Å². The maximum Gasteiger partial charge on any atom is 0.271 e. The zero-order valence-corrected chi connectivity index (χ0v) is 17.5. The van der Waals surface area contributed by atoms with E-state index in [-0.39, 0.29) is 11.4 Å². The van der Waals surface area contributed by atoms with Gasteiger partial charge in [0.2, 0.25) is 0 Å². The van der Waals surface area contributed by atoms with Crippen LogP contribution in [0.2, 0.25) is 0 Å². The van der Waals surface area contributed by atoms with Crippen molar-refractivity contribution in [3.05, 3.63) is 100 Å². The third-order valence-corrected chi connectivity index (χ3v) is 5.02. The highest BCUT2D eigenvalue weighted by atomic mass is 16.6. The molecule has 4 rings (SSSR count). The molecule has 160 valence electrons. The minimum atomic E-state index is -0.527. The van der Waals surface area contributed by atoms with Crippen molar-refractivity contribution >= 4 is 17.3 Å². The highest BCUT2D eigenvalue weighted by Crippen LogP contribution is 2.31. The van der Waals surface area contributed by atoms with Crippen molar-refractivity contribution in [1.29, 1.82) is 0 Å². The summed E-state index contributed by atoms with van der Waals surface area (Å²) in [5.74, 6) is -0.138. The molecular formula is C24H20N4O4. The number of ether oxygens (including phenoxy) is 1. The fourth-order valence-corrected chi connectivity index (χ4v) is 3.39. The molecule has 32 heavy (non-hydrogen) atoms. The zero-order valence-electron chi connectivity index (χ0n) is 17.5. The van der Waals surface area contributed by atoms with E-state index in [9.17, 15) is 14.9 Å². The van der Waals surface area contributed by atoms with E-state index in [1.165, 1.54) is 25.3 Å². The molecule has 0 aliphatic carbocycles. The molecule has 1 N–H and O–H groups in total. The number of benzene rings is 3. The van der Waals surface area contributed by atoms with Gasteiger partial charge < -0.3 is 10.1 Å². The Kier molecular flexibility index (Phi) is 5.67. The molecule has 0 atom stereocenters. The van der Waals surface area contributed by atoms with E-state index >= 15 is 0 Å². The first-order valence-electron chi connectivity index (χ1n) is 9.83. The minimum Gasteiger partial charge on any atom is -0.495 e. The van der Waals surface area contributed by atoms with Gasteiger partial charge in [0.1, 0.15) is 11.4 Å². The van der Waals surface area contributed by atoms with Crippen LogP contribution in [0.3, 0.4) is 0 Å². The molecule has 0 unspecified atom stereocenters. The monoisotopic (exact) mass is 428 g/mol. The van der Waals surface area contributed by atoms with Crippen LogP contribution in [-0.4, -0.2) is 27.7 Å².